The minimum atomic E-state index is -0.0787. The normalized spacial score (nSPS) is 10.4. The SMILES string of the molecule is Cc1ccc(-n2ccc(=O)[nH]2)c(C)c1. The Kier molecular flexibility index (Phi) is 2.00. The first-order valence-corrected chi connectivity index (χ1v) is 4.52. The highest BCUT2D eigenvalue weighted by molar-refractivity contribution is 5.41. The van der Waals surface area contributed by atoms with Gasteiger partial charge in [0.25, 0.3) is 5.56 Å². The van der Waals surface area contributed by atoms with Gasteiger partial charge in [-0.2, -0.15) is 0 Å². The maximum absolute atomic E-state index is 11.0. The average molecular weight is 188 g/mol. The molecule has 0 bridgehead atoms. The predicted octanol–water partition coefficient (Wildman–Crippen LogP) is 1.78. The van der Waals surface area contributed by atoms with Crippen LogP contribution in [-0.2, 0) is 0 Å². The molecule has 0 spiro atoms. The van der Waals surface area contributed by atoms with Crippen LogP contribution in [0, 0.1) is 13.8 Å². The van der Waals surface area contributed by atoms with Crippen LogP contribution in [0.2, 0.25) is 0 Å². The maximum Gasteiger partial charge on any atom is 0.264 e. The van der Waals surface area contributed by atoms with Crippen LogP contribution in [0.3, 0.4) is 0 Å². The third-order valence-corrected chi connectivity index (χ3v) is 2.22. The number of nitrogens with zero attached hydrogens (tertiary/aromatic N) is 1. The minimum absolute atomic E-state index is 0.0787. The van der Waals surface area contributed by atoms with Crippen LogP contribution >= 0.6 is 0 Å². The summed E-state index contributed by atoms with van der Waals surface area (Å²) in [6.07, 6.45) is 1.74. The maximum atomic E-state index is 11.0. The zero-order chi connectivity index (χ0) is 10.1. The fraction of sp³-hybridized carbons (Fsp3) is 0.182. The van der Waals surface area contributed by atoms with Gasteiger partial charge in [-0.25, -0.2) is 0 Å². The van der Waals surface area contributed by atoms with Crippen LogP contribution in [0.1, 0.15) is 11.1 Å². The van der Waals surface area contributed by atoms with Crippen molar-refractivity contribution in [2.75, 3.05) is 0 Å². The topological polar surface area (TPSA) is 37.8 Å². The summed E-state index contributed by atoms with van der Waals surface area (Å²) in [6.45, 7) is 4.08. The Balaban J connectivity index is 2.57. The Labute approximate surface area is 82.0 Å². The highest BCUT2D eigenvalue weighted by atomic mass is 16.1. The molecule has 1 heterocycles. The van der Waals surface area contributed by atoms with E-state index in [0.717, 1.165) is 11.3 Å². The van der Waals surface area contributed by atoms with Crippen molar-refractivity contribution < 1.29 is 0 Å². The fourth-order valence-electron chi connectivity index (χ4n) is 1.55. The molecule has 72 valence electrons. The van der Waals surface area contributed by atoms with Crippen LogP contribution in [0.4, 0.5) is 0 Å². The van der Waals surface area contributed by atoms with E-state index in [2.05, 4.69) is 18.1 Å². The van der Waals surface area contributed by atoms with Gasteiger partial charge in [-0.3, -0.25) is 14.6 Å². The van der Waals surface area contributed by atoms with Gasteiger partial charge in [0.1, 0.15) is 0 Å². The van der Waals surface area contributed by atoms with Crippen LogP contribution in [-0.4, -0.2) is 9.78 Å². The fourth-order valence-corrected chi connectivity index (χ4v) is 1.55. The summed E-state index contributed by atoms with van der Waals surface area (Å²) in [5, 5.41) is 2.71. The van der Waals surface area contributed by atoms with Crippen molar-refractivity contribution in [1.29, 1.82) is 0 Å². The number of aryl methyl sites for hydroxylation is 2. The Morgan fingerprint density at radius 3 is 2.57 bits per heavy atom. The van der Waals surface area contributed by atoms with E-state index >= 15 is 0 Å². The second-order valence-electron chi connectivity index (χ2n) is 3.45. The van der Waals surface area contributed by atoms with Crippen LogP contribution in [0.15, 0.2) is 35.3 Å². The molecule has 0 aliphatic carbocycles. The van der Waals surface area contributed by atoms with Gasteiger partial charge in [-0.05, 0) is 25.5 Å². The Hall–Kier alpha value is -1.77. The highest BCUT2D eigenvalue weighted by Crippen LogP contribution is 2.13. The first kappa shape index (κ1) is 8.81. The molecular formula is C11H12N2O. The monoisotopic (exact) mass is 188 g/mol. The highest BCUT2D eigenvalue weighted by Gasteiger charge is 2.00. The van der Waals surface area contributed by atoms with Crippen molar-refractivity contribution in [3.05, 3.63) is 51.9 Å². The van der Waals surface area contributed by atoms with E-state index in [-0.39, 0.29) is 5.56 Å². The lowest BCUT2D eigenvalue weighted by molar-refractivity contribution is 0.856. The number of nitrogens with one attached hydrogen (secondary N) is 1. The summed E-state index contributed by atoms with van der Waals surface area (Å²) < 4.78 is 1.73. The number of H-pyrrole nitrogens is 1. The van der Waals surface area contributed by atoms with E-state index in [4.69, 9.17) is 0 Å². The molecule has 14 heavy (non-hydrogen) atoms. The van der Waals surface area contributed by atoms with E-state index in [9.17, 15) is 4.79 Å². The van der Waals surface area contributed by atoms with Crippen LogP contribution < -0.4 is 5.56 Å². The number of aromatic amines is 1. The molecule has 3 nitrogen and oxygen atoms in total. The molecule has 0 aliphatic rings. The van der Waals surface area contributed by atoms with Gasteiger partial charge in [-0.1, -0.05) is 17.7 Å². The first-order chi connectivity index (χ1) is 6.66. The lowest BCUT2D eigenvalue weighted by Gasteiger charge is -2.06. The molecule has 0 unspecified atom stereocenters. The van der Waals surface area contributed by atoms with Gasteiger partial charge in [0.2, 0.25) is 0 Å². The van der Waals surface area contributed by atoms with E-state index in [0.29, 0.717) is 0 Å². The van der Waals surface area contributed by atoms with Gasteiger partial charge in [-0.15, -0.1) is 0 Å². The summed E-state index contributed by atoms with van der Waals surface area (Å²) in [4.78, 5) is 11.0. The summed E-state index contributed by atoms with van der Waals surface area (Å²) in [5.74, 6) is 0. The molecule has 0 atom stereocenters. The van der Waals surface area contributed by atoms with Crippen molar-refractivity contribution in [2.24, 2.45) is 0 Å². The molecule has 0 amide bonds. The third kappa shape index (κ3) is 1.48. The van der Waals surface area contributed by atoms with Crippen molar-refractivity contribution in [2.45, 2.75) is 13.8 Å². The number of aromatic nitrogens is 2. The van der Waals surface area contributed by atoms with Gasteiger partial charge < -0.3 is 0 Å². The number of rotatable bonds is 1. The molecule has 2 aromatic rings. The van der Waals surface area contributed by atoms with Gasteiger partial charge >= 0.3 is 0 Å². The third-order valence-electron chi connectivity index (χ3n) is 2.22. The van der Waals surface area contributed by atoms with E-state index in [1.165, 1.54) is 11.6 Å². The van der Waals surface area contributed by atoms with Gasteiger partial charge in [0, 0.05) is 12.3 Å². The van der Waals surface area contributed by atoms with Crippen molar-refractivity contribution in [3.63, 3.8) is 0 Å². The second kappa shape index (κ2) is 3.18. The molecular weight excluding hydrogens is 176 g/mol. The summed E-state index contributed by atoms with van der Waals surface area (Å²) >= 11 is 0. The molecule has 3 heteroatoms. The number of hydrogen-bond donors (Lipinski definition) is 1. The van der Waals surface area contributed by atoms with Crippen molar-refractivity contribution >= 4 is 0 Å². The number of benzene rings is 1. The summed E-state index contributed by atoms with van der Waals surface area (Å²) in [6, 6.07) is 7.63. The van der Waals surface area contributed by atoms with E-state index < -0.39 is 0 Å². The van der Waals surface area contributed by atoms with Gasteiger partial charge in [0.05, 0.1) is 5.69 Å². The molecule has 1 N–H and O–H groups in total. The van der Waals surface area contributed by atoms with Gasteiger partial charge in [0.15, 0.2) is 0 Å². The van der Waals surface area contributed by atoms with E-state index in [1.807, 2.05) is 19.1 Å². The summed E-state index contributed by atoms with van der Waals surface area (Å²) in [7, 11) is 0. The molecule has 2 rings (SSSR count). The lowest BCUT2D eigenvalue weighted by atomic mass is 10.1. The quantitative estimate of drug-likeness (QED) is 0.727. The van der Waals surface area contributed by atoms with Crippen LogP contribution in [0.25, 0.3) is 5.69 Å². The summed E-state index contributed by atoms with van der Waals surface area (Å²) in [5.41, 5.74) is 3.31. The lowest BCUT2D eigenvalue weighted by Crippen LogP contribution is -2.04. The van der Waals surface area contributed by atoms with Crippen LogP contribution in [0.5, 0.6) is 0 Å². The predicted molar refractivity (Wildman–Crippen MR) is 55.9 cm³/mol. The molecule has 0 aliphatic heterocycles. The van der Waals surface area contributed by atoms with Crippen molar-refractivity contribution in [3.8, 4) is 5.69 Å². The van der Waals surface area contributed by atoms with E-state index in [1.54, 1.807) is 10.9 Å². The second-order valence-corrected chi connectivity index (χ2v) is 3.45. The Bertz CT molecular complexity index is 508. The molecule has 0 saturated heterocycles. The Morgan fingerprint density at radius 2 is 2.00 bits per heavy atom. The molecule has 1 aromatic carbocycles. The average Bonchev–Trinajstić information content (AvgIpc) is 2.51. The smallest absolute Gasteiger partial charge is 0.264 e. The largest absolute Gasteiger partial charge is 0.268 e. The molecule has 0 saturated carbocycles. The van der Waals surface area contributed by atoms with Crippen molar-refractivity contribution in [1.82, 2.24) is 9.78 Å². The zero-order valence-corrected chi connectivity index (χ0v) is 8.24. The zero-order valence-electron chi connectivity index (χ0n) is 8.24. The molecule has 0 fully saturated rings. The standard InChI is InChI=1S/C11H12N2O/c1-8-3-4-10(9(2)7-8)13-6-5-11(14)12-13/h3-7H,1-2H3,(H,12,14). The minimum Gasteiger partial charge on any atom is -0.268 e. The molecule has 1 aromatic heterocycles. The Morgan fingerprint density at radius 1 is 1.21 bits per heavy atom. The number of hydrogen-bond acceptors (Lipinski definition) is 1. The first-order valence-electron chi connectivity index (χ1n) is 4.52. The molecule has 0 radical (unpaired) electrons.